The number of ether oxygens (including phenoxy) is 1. The summed E-state index contributed by atoms with van der Waals surface area (Å²) in [4.78, 5) is 26.6. The lowest BCUT2D eigenvalue weighted by Crippen LogP contribution is -2.32. The van der Waals surface area contributed by atoms with Crippen LogP contribution in [0.1, 0.15) is 65.0 Å². The molecule has 0 radical (unpaired) electrons. The molecule has 1 aromatic rings. The van der Waals surface area contributed by atoms with Gasteiger partial charge in [-0.25, -0.2) is 0 Å². The van der Waals surface area contributed by atoms with Gasteiger partial charge in [0, 0.05) is 13.0 Å². The maximum atomic E-state index is 12.6. The van der Waals surface area contributed by atoms with E-state index in [2.05, 4.69) is 6.92 Å². The molecule has 0 spiro atoms. The number of aliphatic hydroxyl groups excluding tert-OH is 1. The summed E-state index contributed by atoms with van der Waals surface area (Å²) in [5.41, 5.74) is 1.03. The van der Waals surface area contributed by atoms with Crippen molar-refractivity contribution < 1.29 is 19.4 Å². The molecule has 1 aromatic carbocycles. The number of nitrogens with zero attached hydrogens (tertiary/aromatic N) is 1. The largest absolute Gasteiger partial charge is 0.503 e. The van der Waals surface area contributed by atoms with Crippen molar-refractivity contribution in [1.29, 1.82) is 0 Å². The number of amides is 1. The van der Waals surface area contributed by atoms with E-state index in [-0.39, 0.29) is 23.9 Å². The van der Waals surface area contributed by atoms with E-state index in [1.54, 1.807) is 11.8 Å². The molecule has 1 amide bonds. The van der Waals surface area contributed by atoms with Gasteiger partial charge in [-0.3, -0.25) is 9.59 Å². The molecule has 1 aliphatic heterocycles. The van der Waals surface area contributed by atoms with Gasteiger partial charge in [0.2, 0.25) is 0 Å². The van der Waals surface area contributed by atoms with Gasteiger partial charge in [-0.05, 0) is 38.0 Å². The minimum Gasteiger partial charge on any atom is -0.503 e. The summed E-state index contributed by atoms with van der Waals surface area (Å²) in [6.45, 7) is 8.27. The lowest BCUT2D eigenvalue weighted by molar-refractivity contribution is -0.129. The van der Waals surface area contributed by atoms with Crippen LogP contribution in [0.15, 0.2) is 35.6 Å². The van der Waals surface area contributed by atoms with Gasteiger partial charge in [0.25, 0.3) is 5.91 Å². The normalized spacial score (nSPS) is 17.3. The van der Waals surface area contributed by atoms with Crippen LogP contribution in [0.2, 0.25) is 0 Å². The van der Waals surface area contributed by atoms with Gasteiger partial charge in [-0.15, -0.1) is 0 Å². The van der Waals surface area contributed by atoms with Crippen LogP contribution in [0, 0.1) is 0 Å². The Balaban J connectivity index is 2.36. The summed E-state index contributed by atoms with van der Waals surface area (Å²) in [6.07, 6.45) is 3.19. The third kappa shape index (κ3) is 4.26. The molecule has 1 N–H and O–H groups in total. The van der Waals surface area contributed by atoms with Crippen molar-refractivity contribution in [3.05, 3.63) is 41.2 Å². The quantitative estimate of drug-likeness (QED) is 0.666. The second-order valence-electron chi connectivity index (χ2n) is 6.88. The number of carbonyl (C=O) groups excluding carboxylic acids is 2. The first-order chi connectivity index (χ1) is 12.4. The summed E-state index contributed by atoms with van der Waals surface area (Å²) < 4.78 is 5.67. The van der Waals surface area contributed by atoms with Crippen LogP contribution < -0.4 is 4.74 Å². The van der Waals surface area contributed by atoms with Gasteiger partial charge in [-0.2, -0.15) is 0 Å². The van der Waals surface area contributed by atoms with Crippen molar-refractivity contribution in [2.75, 3.05) is 6.54 Å². The fourth-order valence-electron chi connectivity index (χ4n) is 3.24. The number of rotatable bonds is 9. The zero-order valence-corrected chi connectivity index (χ0v) is 16.1. The van der Waals surface area contributed by atoms with Gasteiger partial charge >= 0.3 is 0 Å². The van der Waals surface area contributed by atoms with Crippen molar-refractivity contribution in [2.24, 2.45) is 0 Å². The predicted octanol–water partition coefficient (Wildman–Crippen LogP) is 4.34. The second kappa shape index (κ2) is 8.88. The molecule has 5 nitrogen and oxygen atoms in total. The van der Waals surface area contributed by atoms with Gasteiger partial charge in [0.05, 0.1) is 17.7 Å². The van der Waals surface area contributed by atoms with Crippen LogP contribution in [-0.2, 0) is 9.59 Å². The van der Waals surface area contributed by atoms with E-state index in [4.69, 9.17) is 4.74 Å². The molecule has 1 atom stereocenters. The minimum atomic E-state index is -0.528. The van der Waals surface area contributed by atoms with Gasteiger partial charge in [0.15, 0.2) is 11.5 Å². The van der Waals surface area contributed by atoms with E-state index in [1.807, 2.05) is 38.1 Å². The first-order valence-electron chi connectivity index (χ1n) is 9.44. The fourth-order valence-corrected chi connectivity index (χ4v) is 3.24. The Morgan fingerprint density at radius 3 is 2.38 bits per heavy atom. The minimum absolute atomic E-state index is 0.0700. The molecular formula is C21H29NO4. The highest BCUT2D eigenvalue weighted by Crippen LogP contribution is 2.38. The second-order valence-corrected chi connectivity index (χ2v) is 6.88. The van der Waals surface area contributed by atoms with Crippen molar-refractivity contribution in [2.45, 2.75) is 65.5 Å². The molecule has 26 heavy (non-hydrogen) atoms. The number of aliphatic hydroxyl groups is 1. The Morgan fingerprint density at radius 1 is 1.19 bits per heavy atom. The number of carbonyl (C=O) groups is 2. The predicted molar refractivity (Wildman–Crippen MR) is 101 cm³/mol. The van der Waals surface area contributed by atoms with Crippen molar-refractivity contribution in [3.63, 3.8) is 0 Å². The number of ketones is 1. The molecule has 2 rings (SSSR count). The molecule has 0 saturated heterocycles. The fraction of sp³-hybridized carbons (Fsp3) is 0.524. The molecule has 0 saturated carbocycles. The molecule has 0 aromatic heterocycles. The average molecular weight is 359 g/mol. The first kappa shape index (κ1) is 20.0. The molecule has 0 bridgehead atoms. The van der Waals surface area contributed by atoms with Crippen molar-refractivity contribution in [3.8, 4) is 5.75 Å². The molecular weight excluding hydrogens is 330 g/mol. The maximum Gasteiger partial charge on any atom is 0.290 e. The number of hydrogen-bond acceptors (Lipinski definition) is 4. The summed E-state index contributed by atoms with van der Waals surface area (Å²) in [6, 6.07) is 6.88. The highest BCUT2D eigenvalue weighted by molar-refractivity contribution is 6.08. The lowest BCUT2D eigenvalue weighted by Gasteiger charge is -2.27. The van der Waals surface area contributed by atoms with Crippen LogP contribution in [0.5, 0.6) is 5.75 Å². The highest BCUT2D eigenvalue weighted by Gasteiger charge is 2.42. The molecule has 1 unspecified atom stereocenters. The SMILES string of the molecule is CCCCCN1C(=O)C(O)=C(C(=O)CC)C1c1ccc(OC(C)C)cc1. The van der Waals surface area contributed by atoms with Crippen molar-refractivity contribution in [1.82, 2.24) is 4.90 Å². The standard InChI is InChI=1S/C21H29NO4/c1-5-7-8-13-22-19(18(17(23)6-2)20(24)21(22)25)15-9-11-16(12-10-15)26-14(3)4/h9-12,14,19,24H,5-8,13H2,1-4H3. The number of hydrogen-bond donors (Lipinski definition) is 1. The number of Topliss-reactive ketones (excluding diaryl/α,β-unsaturated/α-hetero) is 1. The molecule has 142 valence electrons. The zero-order valence-electron chi connectivity index (χ0n) is 16.1. The highest BCUT2D eigenvalue weighted by atomic mass is 16.5. The summed E-state index contributed by atoms with van der Waals surface area (Å²) in [5, 5.41) is 10.3. The van der Waals surface area contributed by atoms with Crippen molar-refractivity contribution >= 4 is 11.7 Å². The van der Waals surface area contributed by atoms with Crippen LogP contribution in [0.3, 0.4) is 0 Å². The maximum absolute atomic E-state index is 12.6. The Labute approximate surface area is 155 Å². The van der Waals surface area contributed by atoms with E-state index >= 15 is 0 Å². The van der Waals surface area contributed by atoms with E-state index in [1.165, 1.54) is 0 Å². The van der Waals surface area contributed by atoms with Crippen LogP contribution in [0.25, 0.3) is 0 Å². The third-order valence-corrected chi connectivity index (χ3v) is 4.50. The van der Waals surface area contributed by atoms with E-state index < -0.39 is 17.7 Å². The molecule has 0 aliphatic carbocycles. The van der Waals surface area contributed by atoms with Crippen LogP contribution >= 0.6 is 0 Å². The van der Waals surface area contributed by atoms with Gasteiger partial charge < -0.3 is 14.7 Å². The van der Waals surface area contributed by atoms with E-state index in [0.29, 0.717) is 6.54 Å². The topological polar surface area (TPSA) is 66.8 Å². The Morgan fingerprint density at radius 2 is 1.85 bits per heavy atom. The van der Waals surface area contributed by atoms with E-state index in [9.17, 15) is 14.7 Å². The van der Waals surface area contributed by atoms with Gasteiger partial charge in [-0.1, -0.05) is 38.8 Å². The number of benzene rings is 1. The van der Waals surface area contributed by atoms with Gasteiger partial charge in [0.1, 0.15) is 5.75 Å². The summed E-state index contributed by atoms with van der Waals surface area (Å²) in [5.74, 6) is -0.310. The smallest absolute Gasteiger partial charge is 0.290 e. The third-order valence-electron chi connectivity index (χ3n) is 4.50. The Kier molecular flexibility index (Phi) is 6.83. The lowest BCUT2D eigenvalue weighted by atomic mass is 9.95. The molecule has 1 aliphatic rings. The monoisotopic (exact) mass is 359 g/mol. The zero-order chi connectivity index (χ0) is 19.3. The Bertz CT molecular complexity index is 676. The van der Waals surface area contributed by atoms with E-state index in [0.717, 1.165) is 30.6 Å². The van der Waals surface area contributed by atoms with Crippen LogP contribution in [0.4, 0.5) is 0 Å². The summed E-state index contributed by atoms with van der Waals surface area (Å²) in [7, 11) is 0. The number of unbranched alkanes of at least 4 members (excludes halogenated alkanes) is 2. The molecule has 1 heterocycles. The Hall–Kier alpha value is -2.30. The van der Waals surface area contributed by atoms with Crippen LogP contribution in [-0.4, -0.2) is 34.3 Å². The average Bonchev–Trinajstić information content (AvgIpc) is 2.86. The first-order valence-corrected chi connectivity index (χ1v) is 9.44. The molecule has 0 fully saturated rings. The molecule has 5 heteroatoms. The summed E-state index contributed by atoms with van der Waals surface area (Å²) >= 11 is 0.